The van der Waals surface area contributed by atoms with Gasteiger partial charge in [0.05, 0.1) is 12.6 Å². The van der Waals surface area contributed by atoms with Crippen LogP contribution in [-0.4, -0.2) is 35.6 Å². The number of nitrogens with zero attached hydrogens (tertiary/aromatic N) is 2. The fourth-order valence-corrected chi connectivity index (χ4v) is 4.07. The summed E-state index contributed by atoms with van der Waals surface area (Å²) in [5.74, 6) is 0.424. The molecular formula is C22H24N2O4. The number of carbonyl (C=O) groups excluding carboxylic acids is 1. The highest BCUT2D eigenvalue weighted by atomic mass is 16.5. The monoisotopic (exact) mass is 380 g/mol. The molecule has 6 nitrogen and oxygen atoms in total. The molecule has 0 saturated carbocycles. The number of amides is 1. The van der Waals surface area contributed by atoms with Crippen molar-refractivity contribution >= 4 is 17.0 Å². The van der Waals surface area contributed by atoms with Crippen LogP contribution in [0.3, 0.4) is 0 Å². The third-order valence-electron chi connectivity index (χ3n) is 5.50. The maximum Gasteiger partial charge on any atom is 0.420 e. The molecule has 0 atom stereocenters. The molecular weight excluding hydrogens is 356 g/mol. The van der Waals surface area contributed by atoms with Crippen molar-refractivity contribution in [2.45, 2.75) is 32.7 Å². The van der Waals surface area contributed by atoms with E-state index in [0.717, 1.165) is 35.2 Å². The quantitative estimate of drug-likeness (QED) is 0.695. The largest absolute Gasteiger partial charge is 0.497 e. The van der Waals surface area contributed by atoms with E-state index < -0.39 is 0 Å². The van der Waals surface area contributed by atoms with Gasteiger partial charge in [-0.25, -0.2) is 4.79 Å². The van der Waals surface area contributed by atoms with Gasteiger partial charge in [0.25, 0.3) is 5.91 Å². The van der Waals surface area contributed by atoms with Crippen LogP contribution in [0, 0.1) is 13.8 Å². The Labute approximate surface area is 163 Å². The van der Waals surface area contributed by atoms with Crippen molar-refractivity contribution in [3.63, 3.8) is 0 Å². The molecule has 28 heavy (non-hydrogen) atoms. The van der Waals surface area contributed by atoms with Crippen molar-refractivity contribution < 1.29 is 13.9 Å². The van der Waals surface area contributed by atoms with Crippen LogP contribution in [0.4, 0.5) is 0 Å². The fraction of sp³-hybridized carbons (Fsp3) is 0.364. The number of aromatic nitrogens is 1. The smallest absolute Gasteiger partial charge is 0.420 e. The van der Waals surface area contributed by atoms with Gasteiger partial charge in [-0.15, -0.1) is 0 Å². The average molecular weight is 380 g/mol. The summed E-state index contributed by atoms with van der Waals surface area (Å²) in [6.07, 6.45) is 1.45. The van der Waals surface area contributed by atoms with Crippen LogP contribution in [0.2, 0.25) is 0 Å². The summed E-state index contributed by atoms with van der Waals surface area (Å²) in [6.45, 7) is 5.20. The Morgan fingerprint density at radius 3 is 2.43 bits per heavy atom. The van der Waals surface area contributed by atoms with Gasteiger partial charge in [0, 0.05) is 24.7 Å². The molecule has 2 aromatic carbocycles. The first-order valence-corrected chi connectivity index (χ1v) is 9.53. The normalized spacial score (nSPS) is 15.2. The highest BCUT2D eigenvalue weighted by molar-refractivity contribution is 5.94. The van der Waals surface area contributed by atoms with E-state index in [1.54, 1.807) is 35.9 Å². The van der Waals surface area contributed by atoms with Crippen molar-refractivity contribution in [2.75, 3.05) is 20.2 Å². The number of piperidine rings is 1. The minimum atomic E-state index is -0.316. The number of likely N-dealkylation sites (tertiary alicyclic amines) is 1. The van der Waals surface area contributed by atoms with Crippen LogP contribution >= 0.6 is 0 Å². The SMILES string of the molecule is COc1ccc(C(=O)N2CCC(n3c(=O)oc4c(C)cc(C)cc43)CC2)cc1. The van der Waals surface area contributed by atoms with Crippen molar-refractivity contribution in [2.24, 2.45) is 0 Å². The number of methoxy groups -OCH3 is 1. The Morgan fingerprint density at radius 1 is 1.11 bits per heavy atom. The van der Waals surface area contributed by atoms with E-state index >= 15 is 0 Å². The van der Waals surface area contributed by atoms with Gasteiger partial charge in [-0.2, -0.15) is 0 Å². The molecule has 146 valence electrons. The van der Waals surface area contributed by atoms with Crippen LogP contribution in [0.15, 0.2) is 45.6 Å². The number of oxazole rings is 1. The molecule has 1 fully saturated rings. The molecule has 0 spiro atoms. The fourth-order valence-electron chi connectivity index (χ4n) is 4.07. The van der Waals surface area contributed by atoms with Gasteiger partial charge in [-0.1, -0.05) is 6.07 Å². The zero-order valence-corrected chi connectivity index (χ0v) is 16.4. The van der Waals surface area contributed by atoms with Crippen molar-refractivity contribution in [3.05, 3.63) is 63.6 Å². The third-order valence-corrected chi connectivity index (χ3v) is 5.50. The molecule has 1 aromatic heterocycles. The lowest BCUT2D eigenvalue weighted by Crippen LogP contribution is -2.40. The molecule has 0 N–H and O–H groups in total. The summed E-state index contributed by atoms with van der Waals surface area (Å²) in [6, 6.07) is 11.2. The number of fused-ring (bicyclic) bond motifs is 1. The lowest BCUT2D eigenvalue weighted by molar-refractivity contribution is 0.0694. The Hall–Kier alpha value is -3.02. The number of carbonyl (C=O) groups is 1. The standard InChI is InChI=1S/C22H24N2O4/c1-14-12-15(2)20-19(13-14)24(22(26)28-20)17-8-10-23(11-9-17)21(25)16-4-6-18(27-3)7-5-16/h4-7,12-13,17H,8-11H2,1-3H3. The first kappa shape index (κ1) is 18.3. The maximum absolute atomic E-state index is 12.8. The van der Waals surface area contributed by atoms with Crippen LogP contribution in [0.25, 0.3) is 11.1 Å². The van der Waals surface area contributed by atoms with Gasteiger partial charge in [0.1, 0.15) is 5.75 Å². The van der Waals surface area contributed by atoms with Crippen LogP contribution in [0.1, 0.15) is 40.4 Å². The first-order chi connectivity index (χ1) is 13.5. The highest BCUT2D eigenvalue weighted by Gasteiger charge is 2.27. The molecule has 4 rings (SSSR count). The zero-order valence-electron chi connectivity index (χ0n) is 16.4. The number of rotatable bonds is 3. The average Bonchev–Trinajstić information content (AvgIpc) is 3.04. The summed E-state index contributed by atoms with van der Waals surface area (Å²) >= 11 is 0. The zero-order chi connectivity index (χ0) is 19.8. The first-order valence-electron chi connectivity index (χ1n) is 9.53. The molecule has 0 aliphatic carbocycles. The van der Waals surface area contributed by atoms with Gasteiger partial charge in [-0.05, 0) is 68.1 Å². The second kappa shape index (κ2) is 7.19. The molecule has 0 bridgehead atoms. The molecule has 3 aromatic rings. The number of hydrogen-bond acceptors (Lipinski definition) is 4. The summed E-state index contributed by atoms with van der Waals surface area (Å²) in [5.41, 5.74) is 4.23. The molecule has 1 amide bonds. The van der Waals surface area contributed by atoms with E-state index in [0.29, 0.717) is 24.2 Å². The summed E-state index contributed by atoms with van der Waals surface area (Å²) in [5, 5.41) is 0. The van der Waals surface area contributed by atoms with Crippen molar-refractivity contribution in [1.29, 1.82) is 0 Å². The Morgan fingerprint density at radius 2 is 1.79 bits per heavy atom. The van der Waals surface area contributed by atoms with E-state index in [1.165, 1.54) is 0 Å². The lowest BCUT2D eigenvalue weighted by Gasteiger charge is -2.32. The van der Waals surface area contributed by atoms with E-state index in [1.807, 2.05) is 30.9 Å². The number of benzene rings is 2. The molecule has 0 radical (unpaired) electrons. The van der Waals surface area contributed by atoms with Gasteiger partial charge in [0.2, 0.25) is 0 Å². The van der Waals surface area contributed by atoms with Crippen LogP contribution in [0.5, 0.6) is 5.75 Å². The van der Waals surface area contributed by atoms with Crippen molar-refractivity contribution in [1.82, 2.24) is 9.47 Å². The molecule has 0 unspecified atom stereocenters. The second-order valence-electron chi connectivity index (χ2n) is 7.42. The minimum absolute atomic E-state index is 0.0113. The summed E-state index contributed by atoms with van der Waals surface area (Å²) < 4.78 is 12.4. The minimum Gasteiger partial charge on any atom is -0.497 e. The predicted octanol–water partition coefficient (Wildman–Crippen LogP) is 3.70. The topological polar surface area (TPSA) is 64.7 Å². The van der Waals surface area contributed by atoms with E-state index in [9.17, 15) is 9.59 Å². The van der Waals surface area contributed by atoms with Gasteiger partial charge in [0.15, 0.2) is 5.58 Å². The van der Waals surface area contributed by atoms with Crippen LogP contribution < -0.4 is 10.5 Å². The number of ether oxygens (including phenoxy) is 1. The third kappa shape index (κ3) is 3.19. The lowest BCUT2D eigenvalue weighted by atomic mass is 10.0. The Bertz CT molecular complexity index is 1070. The Kier molecular flexibility index (Phi) is 4.71. The molecule has 6 heteroatoms. The van der Waals surface area contributed by atoms with Gasteiger partial charge in [-0.3, -0.25) is 9.36 Å². The molecule has 1 aliphatic heterocycles. The van der Waals surface area contributed by atoms with E-state index in [4.69, 9.17) is 9.15 Å². The Balaban J connectivity index is 1.53. The van der Waals surface area contributed by atoms with E-state index in [-0.39, 0.29) is 17.7 Å². The summed E-state index contributed by atoms with van der Waals surface area (Å²) in [4.78, 5) is 27.1. The molecule has 1 saturated heterocycles. The number of aryl methyl sites for hydroxylation is 2. The molecule has 2 heterocycles. The predicted molar refractivity (Wildman–Crippen MR) is 107 cm³/mol. The van der Waals surface area contributed by atoms with Crippen molar-refractivity contribution in [3.8, 4) is 5.75 Å². The highest BCUT2D eigenvalue weighted by Crippen LogP contribution is 2.28. The van der Waals surface area contributed by atoms with Crippen LogP contribution in [-0.2, 0) is 0 Å². The number of hydrogen-bond donors (Lipinski definition) is 0. The maximum atomic E-state index is 12.8. The molecule has 1 aliphatic rings. The second-order valence-corrected chi connectivity index (χ2v) is 7.42. The summed E-state index contributed by atoms with van der Waals surface area (Å²) in [7, 11) is 1.60. The van der Waals surface area contributed by atoms with E-state index in [2.05, 4.69) is 0 Å². The van der Waals surface area contributed by atoms with Gasteiger partial charge >= 0.3 is 5.76 Å². The van der Waals surface area contributed by atoms with Gasteiger partial charge < -0.3 is 14.1 Å².